The maximum Gasteiger partial charge on any atom is 0.0964 e. The molecule has 0 aliphatic carbocycles. The van der Waals surface area contributed by atoms with E-state index in [1.165, 1.54) is 0 Å². The molecule has 0 bridgehead atoms. The van der Waals surface area contributed by atoms with E-state index in [0.29, 0.717) is 13.1 Å². The van der Waals surface area contributed by atoms with Crippen molar-refractivity contribution in [1.29, 1.82) is 0 Å². The molecule has 0 unspecified atom stereocenters. The molecule has 0 aliphatic rings. The highest BCUT2D eigenvalue weighted by Gasteiger charge is 2.01. The molecule has 2 aromatic rings. The van der Waals surface area contributed by atoms with Crippen molar-refractivity contribution in [3.8, 4) is 0 Å². The Hall–Kier alpha value is -1.31. The minimum Gasteiger partial charge on any atom is -0.329 e. The molecule has 2 heterocycles. The molecule has 0 saturated carbocycles. The topological polar surface area (TPSA) is 81.7 Å². The molecule has 7 heteroatoms. The second kappa shape index (κ2) is 6.58. The lowest BCUT2D eigenvalue weighted by Crippen LogP contribution is -2.17. The summed E-state index contributed by atoms with van der Waals surface area (Å²) in [7, 11) is 0. The van der Waals surface area contributed by atoms with E-state index in [4.69, 9.17) is 5.73 Å². The van der Waals surface area contributed by atoms with Gasteiger partial charge in [-0.1, -0.05) is 5.21 Å². The molecule has 2 rings (SSSR count). The minimum absolute atomic E-state index is 0.583. The fourth-order valence-electron chi connectivity index (χ4n) is 1.62. The van der Waals surface area contributed by atoms with Crippen LogP contribution >= 0.6 is 11.3 Å². The third-order valence-electron chi connectivity index (χ3n) is 2.47. The van der Waals surface area contributed by atoms with Crippen LogP contribution in [0.4, 0.5) is 0 Å². The predicted molar refractivity (Wildman–Crippen MR) is 71.3 cm³/mol. The Kier molecular flexibility index (Phi) is 4.80. The average Bonchev–Trinajstić information content (AvgIpc) is 2.95. The summed E-state index contributed by atoms with van der Waals surface area (Å²) in [5.41, 5.74) is 7.54. The lowest BCUT2D eigenvalue weighted by atomic mass is 10.3. The number of rotatable bonds is 7. The monoisotopic (exact) mass is 266 g/mol. The van der Waals surface area contributed by atoms with Gasteiger partial charge in [-0.2, -0.15) is 0 Å². The van der Waals surface area contributed by atoms with Crippen LogP contribution < -0.4 is 11.1 Å². The highest BCUT2D eigenvalue weighted by atomic mass is 32.1. The molecule has 0 amide bonds. The molecule has 6 nitrogen and oxygen atoms in total. The number of aryl methyl sites for hydroxylation is 1. The van der Waals surface area contributed by atoms with E-state index in [2.05, 4.69) is 26.0 Å². The van der Waals surface area contributed by atoms with Crippen LogP contribution in [0, 0.1) is 6.92 Å². The first-order valence-corrected chi connectivity index (χ1v) is 6.86. The van der Waals surface area contributed by atoms with Crippen LogP contribution in [-0.4, -0.2) is 33.1 Å². The van der Waals surface area contributed by atoms with E-state index in [0.717, 1.165) is 35.9 Å². The van der Waals surface area contributed by atoms with Crippen molar-refractivity contribution in [3.63, 3.8) is 0 Å². The molecule has 0 radical (unpaired) electrons. The van der Waals surface area contributed by atoms with E-state index in [1.807, 2.05) is 13.1 Å². The van der Waals surface area contributed by atoms with Crippen molar-refractivity contribution in [2.24, 2.45) is 5.73 Å². The summed E-state index contributed by atoms with van der Waals surface area (Å²) in [5.74, 6) is 0. The Labute approximate surface area is 110 Å². The predicted octanol–water partition coefficient (Wildman–Crippen LogP) is 0.334. The number of hydrogen-bond acceptors (Lipinski definition) is 6. The lowest BCUT2D eigenvalue weighted by molar-refractivity contribution is 0.598. The third-order valence-corrected chi connectivity index (χ3v) is 3.30. The molecule has 0 spiro atoms. The van der Waals surface area contributed by atoms with Crippen LogP contribution in [0.15, 0.2) is 11.6 Å². The van der Waals surface area contributed by atoms with Crippen molar-refractivity contribution < 1.29 is 0 Å². The highest BCUT2D eigenvalue weighted by Crippen LogP contribution is 2.07. The SMILES string of the molecule is Cc1nc(CCNCc2cn(CCN)nn2)cs1. The zero-order valence-electron chi connectivity index (χ0n) is 10.5. The van der Waals surface area contributed by atoms with Gasteiger partial charge in [-0.3, -0.25) is 4.68 Å². The van der Waals surface area contributed by atoms with Gasteiger partial charge < -0.3 is 11.1 Å². The summed E-state index contributed by atoms with van der Waals surface area (Å²) in [4.78, 5) is 4.42. The zero-order chi connectivity index (χ0) is 12.8. The van der Waals surface area contributed by atoms with Crippen molar-refractivity contribution in [2.45, 2.75) is 26.4 Å². The van der Waals surface area contributed by atoms with E-state index in [9.17, 15) is 0 Å². The van der Waals surface area contributed by atoms with Crippen LogP contribution in [0.25, 0.3) is 0 Å². The zero-order valence-corrected chi connectivity index (χ0v) is 11.3. The second-order valence-corrected chi connectivity index (χ2v) is 5.11. The van der Waals surface area contributed by atoms with Gasteiger partial charge in [0.15, 0.2) is 0 Å². The molecule has 0 aromatic carbocycles. The van der Waals surface area contributed by atoms with Gasteiger partial charge in [0.25, 0.3) is 0 Å². The van der Waals surface area contributed by atoms with Crippen LogP contribution in [0.5, 0.6) is 0 Å². The first-order valence-electron chi connectivity index (χ1n) is 5.98. The van der Waals surface area contributed by atoms with E-state index >= 15 is 0 Å². The Morgan fingerprint density at radius 3 is 3.06 bits per heavy atom. The van der Waals surface area contributed by atoms with E-state index < -0.39 is 0 Å². The molecule has 18 heavy (non-hydrogen) atoms. The van der Waals surface area contributed by atoms with Crippen molar-refractivity contribution in [3.05, 3.63) is 28.0 Å². The number of nitrogens with one attached hydrogen (secondary N) is 1. The summed E-state index contributed by atoms with van der Waals surface area (Å²) in [6.45, 7) is 4.95. The molecule has 0 atom stereocenters. The number of nitrogens with zero attached hydrogens (tertiary/aromatic N) is 4. The Bertz CT molecular complexity index is 477. The minimum atomic E-state index is 0.583. The fraction of sp³-hybridized carbons (Fsp3) is 0.545. The molecule has 2 aromatic heterocycles. The first kappa shape index (κ1) is 13.1. The summed E-state index contributed by atoms with van der Waals surface area (Å²) in [6.07, 6.45) is 2.87. The molecular formula is C11H18N6S. The van der Waals surface area contributed by atoms with Gasteiger partial charge in [0.2, 0.25) is 0 Å². The quantitative estimate of drug-likeness (QED) is 0.706. The molecule has 0 saturated heterocycles. The summed E-state index contributed by atoms with van der Waals surface area (Å²) >= 11 is 1.69. The van der Waals surface area contributed by atoms with Crippen LogP contribution in [-0.2, 0) is 19.5 Å². The van der Waals surface area contributed by atoms with Gasteiger partial charge in [-0.05, 0) is 6.92 Å². The summed E-state index contributed by atoms with van der Waals surface area (Å²) in [5, 5.41) is 14.6. The van der Waals surface area contributed by atoms with Crippen LogP contribution in [0.1, 0.15) is 16.4 Å². The summed E-state index contributed by atoms with van der Waals surface area (Å²) in [6, 6.07) is 0. The van der Waals surface area contributed by atoms with Crippen molar-refractivity contribution in [1.82, 2.24) is 25.3 Å². The Morgan fingerprint density at radius 2 is 2.33 bits per heavy atom. The lowest BCUT2D eigenvalue weighted by Gasteiger charge is -1.99. The Morgan fingerprint density at radius 1 is 1.44 bits per heavy atom. The van der Waals surface area contributed by atoms with Crippen molar-refractivity contribution in [2.75, 3.05) is 13.1 Å². The van der Waals surface area contributed by atoms with E-state index in [1.54, 1.807) is 16.0 Å². The second-order valence-electron chi connectivity index (χ2n) is 4.05. The van der Waals surface area contributed by atoms with Gasteiger partial charge >= 0.3 is 0 Å². The number of hydrogen-bond donors (Lipinski definition) is 2. The molecular weight excluding hydrogens is 248 g/mol. The summed E-state index contributed by atoms with van der Waals surface area (Å²) < 4.78 is 1.76. The molecule has 0 aliphatic heterocycles. The van der Waals surface area contributed by atoms with Gasteiger partial charge in [0.05, 0.1) is 22.9 Å². The van der Waals surface area contributed by atoms with Gasteiger partial charge in [-0.25, -0.2) is 4.98 Å². The highest BCUT2D eigenvalue weighted by molar-refractivity contribution is 7.09. The van der Waals surface area contributed by atoms with Gasteiger partial charge in [-0.15, -0.1) is 16.4 Å². The first-order chi connectivity index (χ1) is 8.78. The van der Waals surface area contributed by atoms with Crippen LogP contribution in [0.2, 0.25) is 0 Å². The number of thiazole rings is 1. The Balaban J connectivity index is 1.68. The molecule has 98 valence electrons. The van der Waals surface area contributed by atoms with Gasteiger partial charge in [0.1, 0.15) is 0 Å². The maximum absolute atomic E-state index is 5.45. The molecule has 0 fully saturated rings. The maximum atomic E-state index is 5.45. The normalized spacial score (nSPS) is 11.0. The van der Waals surface area contributed by atoms with Crippen LogP contribution in [0.3, 0.4) is 0 Å². The number of nitrogens with two attached hydrogens (primary N) is 1. The number of aromatic nitrogens is 4. The fourth-order valence-corrected chi connectivity index (χ4v) is 2.26. The molecule has 3 N–H and O–H groups in total. The van der Waals surface area contributed by atoms with Crippen molar-refractivity contribution >= 4 is 11.3 Å². The third kappa shape index (κ3) is 3.86. The van der Waals surface area contributed by atoms with E-state index in [-0.39, 0.29) is 0 Å². The average molecular weight is 266 g/mol. The largest absolute Gasteiger partial charge is 0.329 e. The van der Waals surface area contributed by atoms with Gasteiger partial charge in [0, 0.05) is 37.6 Å². The smallest absolute Gasteiger partial charge is 0.0964 e. The standard InChI is InChI=1S/C11H18N6S/c1-9-14-10(8-18-9)2-4-13-6-11-7-17(5-3-12)16-15-11/h7-8,13H,2-6,12H2,1H3.